The van der Waals surface area contributed by atoms with Crippen LogP contribution in [0.3, 0.4) is 0 Å². The van der Waals surface area contributed by atoms with Gasteiger partial charge in [0, 0.05) is 40.0 Å². The Morgan fingerprint density at radius 2 is 1.65 bits per heavy atom. The number of carbonyl (C=O) groups excluding carboxylic acids is 4. The number of hydrogen-bond acceptors (Lipinski definition) is 5. The molecule has 0 aromatic heterocycles. The zero-order valence-corrected chi connectivity index (χ0v) is 13.7. The summed E-state index contributed by atoms with van der Waals surface area (Å²) in [4.78, 5) is 50.6. The normalized spacial score (nSPS) is 25.7. The maximum absolute atomic E-state index is 12.2. The monoisotopic (exact) mass is 328 g/mol. The molecule has 9 heteroatoms. The van der Waals surface area contributed by atoms with E-state index < -0.39 is 36.4 Å². The molecule has 0 bridgehead atoms. The van der Waals surface area contributed by atoms with Gasteiger partial charge in [0.1, 0.15) is 12.1 Å². The van der Waals surface area contributed by atoms with E-state index in [4.69, 9.17) is 0 Å². The minimum Gasteiger partial charge on any atom is -0.394 e. The molecule has 0 radical (unpaired) electrons. The Bertz CT molecular complexity index is 482. The highest BCUT2D eigenvalue weighted by Gasteiger charge is 2.27. The Hall–Kier alpha value is -2.16. The van der Waals surface area contributed by atoms with E-state index >= 15 is 0 Å². The highest BCUT2D eigenvalue weighted by Crippen LogP contribution is 2.01. The summed E-state index contributed by atoms with van der Waals surface area (Å²) in [6.07, 6.45) is 0.0204. The first-order valence-corrected chi connectivity index (χ1v) is 7.45. The summed E-state index contributed by atoms with van der Waals surface area (Å²) in [5, 5.41) is 14.2. The van der Waals surface area contributed by atoms with Crippen LogP contribution in [0, 0.1) is 0 Å². The predicted octanol–water partition coefficient (Wildman–Crippen LogP) is -2.32. The van der Waals surface area contributed by atoms with Crippen molar-refractivity contribution in [1.82, 2.24) is 20.4 Å². The first kappa shape index (κ1) is 18.9. The van der Waals surface area contributed by atoms with Crippen LogP contribution in [0.15, 0.2) is 0 Å². The maximum atomic E-state index is 12.2. The van der Waals surface area contributed by atoms with Crippen LogP contribution in [-0.4, -0.2) is 84.4 Å². The van der Waals surface area contributed by atoms with Gasteiger partial charge in [-0.1, -0.05) is 0 Å². The van der Waals surface area contributed by atoms with Gasteiger partial charge in [0.25, 0.3) is 0 Å². The van der Waals surface area contributed by atoms with E-state index in [2.05, 4.69) is 10.6 Å². The number of nitrogens with zero attached hydrogens (tertiary/aromatic N) is 2. The largest absolute Gasteiger partial charge is 0.394 e. The predicted molar refractivity (Wildman–Crippen MR) is 81.1 cm³/mol. The Balaban J connectivity index is 2.91. The van der Waals surface area contributed by atoms with Gasteiger partial charge in [-0.05, 0) is 6.92 Å². The summed E-state index contributed by atoms with van der Waals surface area (Å²) in [7, 11) is 3.13. The zero-order valence-electron chi connectivity index (χ0n) is 13.7. The second-order valence-corrected chi connectivity index (χ2v) is 5.61. The molecule has 2 atom stereocenters. The summed E-state index contributed by atoms with van der Waals surface area (Å²) < 4.78 is 0. The summed E-state index contributed by atoms with van der Waals surface area (Å²) in [5.41, 5.74) is 0. The van der Waals surface area contributed by atoms with Gasteiger partial charge in [0.2, 0.25) is 23.6 Å². The molecule has 1 aliphatic rings. The molecule has 0 aliphatic carbocycles. The molecule has 130 valence electrons. The molecule has 0 spiro atoms. The van der Waals surface area contributed by atoms with Crippen LogP contribution in [-0.2, 0) is 19.2 Å². The fourth-order valence-electron chi connectivity index (χ4n) is 2.07. The Morgan fingerprint density at radius 1 is 1.04 bits per heavy atom. The third-order valence-corrected chi connectivity index (χ3v) is 3.71. The van der Waals surface area contributed by atoms with Crippen molar-refractivity contribution in [1.29, 1.82) is 0 Å². The third-order valence-electron chi connectivity index (χ3n) is 3.71. The van der Waals surface area contributed by atoms with Gasteiger partial charge in [-0.3, -0.25) is 19.2 Å². The summed E-state index contributed by atoms with van der Waals surface area (Å²) >= 11 is 0. The number of amides is 4. The van der Waals surface area contributed by atoms with Gasteiger partial charge in [-0.25, -0.2) is 0 Å². The van der Waals surface area contributed by atoms with Crippen molar-refractivity contribution in [2.75, 3.05) is 33.8 Å². The molecule has 1 rings (SSSR count). The van der Waals surface area contributed by atoms with E-state index in [1.54, 1.807) is 7.05 Å². The molecule has 0 aromatic rings. The fourth-order valence-corrected chi connectivity index (χ4v) is 2.07. The zero-order chi connectivity index (χ0) is 17.6. The summed E-state index contributed by atoms with van der Waals surface area (Å²) in [6.45, 7) is 1.47. The van der Waals surface area contributed by atoms with Crippen molar-refractivity contribution < 1.29 is 24.3 Å². The van der Waals surface area contributed by atoms with Gasteiger partial charge >= 0.3 is 0 Å². The molecule has 9 nitrogen and oxygen atoms in total. The molecule has 3 N–H and O–H groups in total. The van der Waals surface area contributed by atoms with E-state index in [1.165, 1.54) is 23.8 Å². The van der Waals surface area contributed by atoms with Crippen molar-refractivity contribution in [3.05, 3.63) is 0 Å². The molecule has 4 amide bonds. The van der Waals surface area contributed by atoms with Crippen molar-refractivity contribution in [3.8, 4) is 0 Å². The van der Waals surface area contributed by atoms with Crippen LogP contribution in [0.4, 0.5) is 0 Å². The van der Waals surface area contributed by atoms with Crippen molar-refractivity contribution in [2.45, 2.75) is 31.8 Å². The number of nitrogens with one attached hydrogen (secondary N) is 2. The Kier molecular flexibility index (Phi) is 6.95. The molecular formula is C14H24N4O5. The van der Waals surface area contributed by atoms with Crippen molar-refractivity contribution in [2.24, 2.45) is 0 Å². The first-order chi connectivity index (χ1) is 10.8. The second kappa shape index (κ2) is 8.47. The summed E-state index contributed by atoms with van der Waals surface area (Å²) in [6, 6.07) is -1.96. The molecule has 1 fully saturated rings. The molecule has 2 unspecified atom stereocenters. The lowest BCUT2D eigenvalue weighted by Crippen LogP contribution is -2.55. The van der Waals surface area contributed by atoms with Crippen LogP contribution >= 0.6 is 0 Å². The van der Waals surface area contributed by atoms with Gasteiger partial charge < -0.3 is 25.5 Å². The van der Waals surface area contributed by atoms with Crippen LogP contribution in [0.5, 0.6) is 0 Å². The van der Waals surface area contributed by atoms with Crippen LogP contribution < -0.4 is 10.6 Å². The molecule has 23 heavy (non-hydrogen) atoms. The van der Waals surface area contributed by atoms with E-state index in [9.17, 15) is 24.3 Å². The minimum absolute atomic E-state index is 0.0149. The van der Waals surface area contributed by atoms with Crippen molar-refractivity contribution >= 4 is 23.6 Å². The average Bonchev–Trinajstić information content (AvgIpc) is 2.52. The van der Waals surface area contributed by atoms with E-state index in [-0.39, 0.29) is 25.3 Å². The van der Waals surface area contributed by atoms with E-state index in [0.717, 1.165) is 0 Å². The van der Waals surface area contributed by atoms with Gasteiger partial charge in [-0.2, -0.15) is 0 Å². The second-order valence-electron chi connectivity index (χ2n) is 5.61. The highest BCUT2D eigenvalue weighted by atomic mass is 16.3. The van der Waals surface area contributed by atoms with E-state index in [1.807, 2.05) is 0 Å². The van der Waals surface area contributed by atoms with Crippen molar-refractivity contribution in [3.63, 3.8) is 0 Å². The third kappa shape index (κ3) is 5.51. The number of hydrogen-bond donors (Lipinski definition) is 3. The molecule has 1 saturated heterocycles. The Labute approximate surface area is 135 Å². The number of aliphatic hydroxyl groups excluding tert-OH is 1. The van der Waals surface area contributed by atoms with Gasteiger partial charge in [-0.15, -0.1) is 0 Å². The quantitative estimate of drug-likeness (QED) is 0.499. The lowest BCUT2D eigenvalue weighted by molar-refractivity contribution is -0.139. The first-order valence-electron chi connectivity index (χ1n) is 7.45. The standard InChI is InChI=1S/C14H24N4O5/c1-9-13(22)16-10(8-19)14(23)18(3)7-6-17(2)12(21)5-4-11(20)15-9/h9-10,19H,4-8H2,1-3H3,(H,15,20)(H,16,22). The number of aliphatic hydroxyl groups is 1. The molecular weight excluding hydrogens is 304 g/mol. The number of rotatable bonds is 1. The van der Waals surface area contributed by atoms with Crippen LogP contribution in [0.25, 0.3) is 0 Å². The lowest BCUT2D eigenvalue weighted by Gasteiger charge is -2.27. The van der Waals surface area contributed by atoms with Gasteiger partial charge in [0.05, 0.1) is 6.61 Å². The highest BCUT2D eigenvalue weighted by molar-refractivity contribution is 5.92. The number of carbonyl (C=O) groups is 4. The molecule has 0 saturated carbocycles. The van der Waals surface area contributed by atoms with Gasteiger partial charge in [0.15, 0.2) is 0 Å². The maximum Gasteiger partial charge on any atom is 0.247 e. The average molecular weight is 328 g/mol. The smallest absolute Gasteiger partial charge is 0.247 e. The topological polar surface area (TPSA) is 119 Å². The SMILES string of the molecule is CC1NC(=O)CCC(=O)N(C)CCN(C)C(=O)C(CO)NC1=O. The number of likely N-dealkylation sites (N-methyl/N-ethyl adjacent to an activating group) is 2. The molecule has 1 aliphatic heterocycles. The minimum atomic E-state index is -1.09. The Morgan fingerprint density at radius 3 is 2.26 bits per heavy atom. The molecule has 0 aromatic carbocycles. The van der Waals surface area contributed by atoms with Crippen LogP contribution in [0.1, 0.15) is 19.8 Å². The fraction of sp³-hybridized carbons (Fsp3) is 0.714. The summed E-state index contributed by atoms with van der Waals surface area (Å²) in [5.74, 6) is -1.67. The molecule has 1 heterocycles. The lowest BCUT2D eigenvalue weighted by atomic mass is 10.2. The van der Waals surface area contributed by atoms with Crippen LogP contribution in [0.2, 0.25) is 0 Å². The van der Waals surface area contributed by atoms with E-state index in [0.29, 0.717) is 6.54 Å².